The van der Waals surface area contributed by atoms with Crippen LogP contribution in [0.5, 0.6) is 0 Å². The Hall–Kier alpha value is -1.45. The highest BCUT2D eigenvalue weighted by molar-refractivity contribution is 7.08. The van der Waals surface area contributed by atoms with E-state index in [0.717, 1.165) is 28.2 Å². The van der Waals surface area contributed by atoms with E-state index in [0.29, 0.717) is 0 Å². The van der Waals surface area contributed by atoms with Gasteiger partial charge in [-0.15, -0.1) is 0 Å². The molecule has 0 amide bonds. The fourth-order valence-corrected chi connectivity index (χ4v) is 1.81. The second kappa shape index (κ2) is 5.51. The number of Topliss-reactive ketones (excluding diaryl/α,β-unsaturated/α-hetero) is 2. The monoisotopic (exact) mass is 322 g/mol. The van der Waals surface area contributed by atoms with Crippen molar-refractivity contribution in [3.63, 3.8) is 0 Å². The lowest BCUT2D eigenvalue weighted by atomic mass is 9.98. The van der Waals surface area contributed by atoms with Crippen molar-refractivity contribution in [3.05, 3.63) is 22.4 Å². The van der Waals surface area contributed by atoms with E-state index < -0.39 is 41.6 Å². The summed E-state index contributed by atoms with van der Waals surface area (Å²) in [4.78, 5) is 22.1. The van der Waals surface area contributed by atoms with Crippen LogP contribution in [0, 0.1) is 0 Å². The lowest BCUT2D eigenvalue weighted by molar-refractivity contribution is -0.182. The molecule has 0 fully saturated rings. The second-order valence-electron chi connectivity index (χ2n) is 3.60. The molecule has 1 aromatic heterocycles. The molecular formula is C10H5F7O2S. The highest BCUT2D eigenvalue weighted by Crippen LogP contribution is 2.35. The smallest absolute Gasteiger partial charge is 0.287 e. The summed E-state index contributed by atoms with van der Waals surface area (Å²) < 4.78 is 88.6. The number of hydrogen-bond donors (Lipinski definition) is 0. The fourth-order valence-electron chi connectivity index (χ4n) is 1.17. The summed E-state index contributed by atoms with van der Waals surface area (Å²) in [6.45, 7) is 0. The summed E-state index contributed by atoms with van der Waals surface area (Å²) in [5, 5.41) is 2.00. The zero-order valence-corrected chi connectivity index (χ0v) is 10.1. The fraction of sp³-hybridized carbons (Fsp3) is 0.400. The summed E-state index contributed by atoms with van der Waals surface area (Å²) in [5.41, 5.74) is -0.753. The molecular weight excluding hydrogens is 317 g/mol. The van der Waals surface area contributed by atoms with Crippen molar-refractivity contribution >= 4 is 22.9 Å². The van der Waals surface area contributed by atoms with E-state index in [1.165, 1.54) is 0 Å². The Kier molecular flexibility index (Phi) is 4.57. The van der Waals surface area contributed by atoms with Crippen LogP contribution in [0.25, 0.3) is 0 Å². The van der Waals surface area contributed by atoms with Crippen LogP contribution >= 0.6 is 11.3 Å². The van der Waals surface area contributed by atoms with E-state index in [4.69, 9.17) is 0 Å². The minimum Gasteiger partial charge on any atom is -0.287 e. The molecule has 0 spiro atoms. The maximum atomic E-state index is 13.3. The lowest BCUT2D eigenvalue weighted by Crippen LogP contribution is -2.53. The first-order valence-electron chi connectivity index (χ1n) is 4.82. The van der Waals surface area contributed by atoms with Gasteiger partial charge >= 0.3 is 11.8 Å². The third-order valence-corrected chi connectivity index (χ3v) is 2.91. The van der Waals surface area contributed by atoms with Gasteiger partial charge in [0.25, 0.3) is 12.2 Å². The zero-order chi connectivity index (χ0) is 15.7. The highest BCUT2D eigenvalue weighted by atomic mass is 32.1. The number of rotatable bonds is 6. The first-order valence-corrected chi connectivity index (χ1v) is 5.77. The van der Waals surface area contributed by atoms with E-state index in [-0.39, 0.29) is 0 Å². The summed E-state index contributed by atoms with van der Waals surface area (Å²) in [5.74, 6) is -16.8. The van der Waals surface area contributed by atoms with Gasteiger partial charge in [-0.1, -0.05) is 0 Å². The topological polar surface area (TPSA) is 34.1 Å². The molecule has 0 aliphatic rings. The largest absolute Gasteiger partial charge is 0.373 e. The normalized spacial score (nSPS) is 14.4. The van der Waals surface area contributed by atoms with Crippen molar-refractivity contribution in [1.82, 2.24) is 0 Å². The summed E-state index contributed by atoms with van der Waals surface area (Å²) >= 11 is 0.767. The zero-order valence-electron chi connectivity index (χ0n) is 9.26. The number of halogens is 7. The minimum absolute atomic E-state index is 0.753. The Morgan fingerprint density at radius 1 is 1.10 bits per heavy atom. The van der Waals surface area contributed by atoms with Crippen molar-refractivity contribution in [2.75, 3.05) is 0 Å². The van der Waals surface area contributed by atoms with E-state index in [2.05, 4.69) is 0 Å². The van der Waals surface area contributed by atoms with Gasteiger partial charge in [0.15, 0.2) is 0 Å². The molecule has 1 rings (SSSR count). The Bertz CT molecular complexity index is 498. The molecule has 10 heteroatoms. The maximum absolute atomic E-state index is 13.3. The standard InChI is InChI=1S/C10H5F7O2S/c11-5(7(12)13)9(14,15)8(19)10(16,17)6(18)4-1-2-20-3-4/h1-3,5,7H. The van der Waals surface area contributed by atoms with Gasteiger partial charge in [0, 0.05) is 10.9 Å². The molecule has 1 heterocycles. The summed E-state index contributed by atoms with van der Waals surface area (Å²) in [6, 6.07) is 0.826. The Morgan fingerprint density at radius 2 is 1.65 bits per heavy atom. The van der Waals surface area contributed by atoms with Crippen LogP contribution in [0.2, 0.25) is 0 Å². The molecule has 0 radical (unpaired) electrons. The summed E-state index contributed by atoms with van der Waals surface area (Å²) in [6.07, 6.45) is -8.77. The molecule has 1 aromatic rings. The lowest BCUT2D eigenvalue weighted by Gasteiger charge is -2.22. The third kappa shape index (κ3) is 2.84. The van der Waals surface area contributed by atoms with E-state index in [1.807, 2.05) is 0 Å². The van der Waals surface area contributed by atoms with Gasteiger partial charge in [-0.2, -0.15) is 28.9 Å². The van der Waals surface area contributed by atoms with Gasteiger partial charge in [0.1, 0.15) is 0 Å². The molecule has 0 saturated heterocycles. The Labute approximate surface area is 111 Å². The molecule has 112 valence electrons. The number of carbonyl (C=O) groups excluding carboxylic acids is 2. The van der Waals surface area contributed by atoms with Crippen molar-refractivity contribution in [2.24, 2.45) is 0 Å². The van der Waals surface area contributed by atoms with Crippen molar-refractivity contribution < 1.29 is 40.3 Å². The molecule has 0 bridgehead atoms. The number of thiophene rings is 1. The average molecular weight is 322 g/mol. The number of hydrogen-bond acceptors (Lipinski definition) is 3. The molecule has 0 aromatic carbocycles. The quantitative estimate of drug-likeness (QED) is 0.457. The predicted molar refractivity (Wildman–Crippen MR) is 54.5 cm³/mol. The minimum atomic E-state index is -5.68. The van der Waals surface area contributed by atoms with Gasteiger partial charge in [0.2, 0.25) is 12.0 Å². The van der Waals surface area contributed by atoms with Crippen LogP contribution in [0.3, 0.4) is 0 Å². The number of alkyl halides is 7. The van der Waals surface area contributed by atoms with Gasteiger partial charge in [-0.05, 0) is 11.4 Å². The van der Waals surface area contributed by atoms with Crippen LogP contribution in [0.4, 0.5) is 30.7 Å². The second-order valence-corrected chi connectivity index (χ2v) is 4.38. The van der Waals surface area contributed by atoms with Crippen LogP contribution in [0.1, 0.15) is 10.4 Å². The van der Waals surface area contributed by atoms with E-state index >= 15 is 0 Å². The van der Waals surface area contributed by atoms with E-state index in [9.17, 15) is 40.3 Å². The van der Waals surface area contributed by atoms with Crippen LogP contribution in [0.15, 0.2) is 16.8 Å². The van der Waals surface area contributed by atoms with Gasteiger partial charge in [0.05, 0.1) is 0 Å². The van der Waals surface area contributed by atoms with Crippen LogP contribution < -0.4 is 0 Å². The van der Waals surface area contributed by atoms with E-state index in [1.54, 1.807) is 0 Å². The predicted octanol–water partition coefficient (Wildman–Crippen LogP) is 3.37. The Morgan fingerprint density at radius 3 is 2.05 bits per heavy atom. The van der Waals surface area contributed by atoms with Gasteiger partial charge in [-0.3, -0.25) is 9.59 Å². The van der Waals surface area contributed by atoms with Crippen LogP contribution in [-0.2, 0) is 4.79 Å². The first kappa shape index (κ1) is 16.6. The number of carbonyl (C=O) groups is 2. The van der Waals surface area contributed by atoms with Crippen molar-refractivity contribution in [1.29, 1.82) is 0 Å². The molecule has 1 atom stereocenters. The molecule has 2 nitrogen and oxygen atoms in total. The Balaban J connectivity index is 3.09. The SMILES string of the molecule is O=C(c1ccsc1)C(F)(F)C(=O)C(F)(F)C(F)C(F)F. The van der Waals surface area contributed by atoms with Crippen molar-refractivity contribution in [3.8, 4) is 0 Å². The van der Waals surface area contributed by atoms with Crippen molar-refractivity contribution in [2.45, 2.75) is 24.4 Å². The molecule has 0 aliphatic carbocycles. The molecule has 20 heavy (non-hydrogen) atoms. The first-order chi connectivity index (χ1) is 9.02. The van der Waals surface area contributed by atoms with Crippen LogP contribution in [-0.4, -0.2) is 36.0 Å². The summed E-state index contributed by atoms with van der Waals surface area (Å²) in [7, 11) is 0. The molecule has 1 unspecified atom stereocenters. The third-order valence-electron chi connectivity index (χ3n) is 2.22. The maximum Gasteiger partial charge on any atom is 0.373 e. The highest BCUT2D eigenvalue weighted by Gasteiger charge is 2.64. The number of ketones is 2. The molecule has 0 aliphatic heterocycles. The molecule has 0 saturated carbocycles. The molecule has 0 N–H and O–H groups in total. The average Bonchev–Trinajstić information content (AvgIpc) is 2.89. The van der Waals surface area contributed by atoms with Gasteiger partial charge in [-0.25, -0.2) is 13.2 Å². The van der Waals surface area contributed by atoms with Gasteiger partial charge < -0.3 is 0 Å².